The van der Waals surface area contributed by atoms with Gasteiger partial charge < -0.3 is 0 Å². The standard InChI is InChI=1S/C12H19N/c1-9(2)12(4,5)11-7-6-10(3)8-13-11/h6-9H,1-5H3. The van der Waals surface area contributed by atoms with E-state index >= 15 is 0 Å². The predicted molar refractivity (Wildman–Crippen MR) is 56.8 cm³/mol. The summed E-state index contributed by atoms with van der Waals surface area (Å²) in [6, 6.07) is 4.27. The second-order valence-electron chi connectivity index (χ2n) is 4.60. The highest BCUT2D eigenvalue weighted by Crippen LogP contribution is 2.29. The largest absolute Gasteiger partial charge is 0.260 e. The van der Waals surface area contributed by atoms with Crippen molar-refractivity contribution < 1.29 is 0 Å². The van der Waals surface area contributed by atoms with Gasteiger partial charge in [0.15, 0.2) is 0 Å². The van der Waals surface area contributed by atoms with Gasteiger partial charge in [0.25, 0.3) is 0 Å². The molecule has 1 nitrogen and oxygen atoms in total. The van der Waals surface area contributed by atoms with Crippen LogP contribution < -0.4 is 0 Å². The molecule has 0 aliphatic carbocycles. The third-order valence-corrected chi connectivity index (χ3v) is 3.01. The van der Waals surface area contributed by atoms with E-state index < -0.39 is 0 Å². The van der Waals surface area contributed by atoms with Gasteiger partial charge in [-0.1, -0.05) is 33.8 Å². The fourth-order valence-electron chi connectivity index (χ4n) is 1.14. The highest BCUT2D eigenvalue weighted by molar-refractivity contribution is 5.19. The number of aryl methyl sites for hydroxylation is 1. The molecule has 0 radical (unpaired) electrons. The van der Waals surface area contributed by atoms with Crippen molar-refractivity contribution in [2.24, 2.45) is 5.92 Å². The fourth-order valence-corrected chi connectivity index (χ4v) is 1.14. The van der Waals surface area contributed by atoms with Crippen LogP contribution in [0.25, 0.3) is 0 Å². The van der Waals surface area contributed by atoms with E-state index in [0.29, 0.717) is 5.92 Å². The molecule has 0 atom stereocenters. The summed E-state index contributed by atoms with van der Waals surface area (Å²) >= 11 is 0. The van der Waals surface area contributed by atoms with E-state index in [1.165, 1.54) is 11.3 Å². The lowest BCUT2D eigenvalue weighted by Gasteiger charge is -2.28. The lowest BCUT2D eigenvalue weighted by molar-refractivity contribution is 0.362. The molecule has 0 fully saturated rings. The molecular weight excluding hydrogens is 158 g/mol. The van der Waals surface area contributed by atoms with Crippen LogP contribution in [-0.2, 0) is 5.41 Å². The van der Waals surface area contributed by atoms with Crippen LogP contribution in [0.2, 0.25) is 0 Å². The number of hydrogen-bond donors (Lipinski definition) is 0. The van der Waals surface area contributed by atoms with Crippen LogP contribution in [0.4, 0.5) is 0 Å². The Kier molecular flexibility index (Phi) is 2.74. The molecule has 13 heavy (non-hydrogen) atoms. The van der Waals surface area contributed by atoms with Crippen molar-refractivity contribution in [3.63, 3.8) is 0 Å². The van der Waals surface area contributed by atoms with Crippen LogP contribution in [0.1, 0.15) is 39.0 Å². The fraction of sp³-hybridized carbons (Fsp3) is 0.583. The van der Waals surface area contributed by atoms with Crippen LogP contribution >= 0.6 is 0 Å². The summed E-state index contributed by atoms with van der Waals surface area (Å²) < 4.78 is 0. The summed E-state index contributed by atoms with van der Waals surface area (Å²) in [5.41, 5.74) is 2.59. The number of rotatable bonds is 2. The monoisotopic (exact) mass is 177 g/mol. The maximum Gasteiger partial charge on any atom is 0.0462 e. The SMILES string of the molecule is Cc1ccc(C(C)(C)C(C)C)nc1. The van der Waals surface area contributed by atoms with Crippen LogP contribution in [-0.4, -0.2) is 4.98 Å². The second-order valence-corrected chi connectivity index (χ2v) is 4.60. The first kappa shape index (κ1) is 10.2. The Hall–Kier alpha value is -0.850. The van der Waals surface area contributed by atoms with Crippen LogP contribution in [0, 0.1) is 12.8 Å². The van der Waals surface area contributed by atoms with Crippen LogP contribution in [0.3, 0.4) is 0 Å². The third kappa shape index (κ3) is 2.09. The van der Waals surface area contributed by atoms with Gasteiger partial charge in [-0.05, 0) is 24.5 Å². The van der Waals surface area contributed by atoms with Gasteiger partial charge in [-0.25, -0.2) is 0 Å². The average molecular weight is 177 g/mol. The molecule has 1 aromatic rings. The van der Waals surface area contributed by atoms with Crippen LogP contribution in [0.5, 0.6) is 0 Å². The van der Waals surface area contributed by atoms with Gasteiger partial charge in [-0.3, -0.25) is 4.98 Å². The van der Waals surface area contributed by atoms with Gasteiger partial charge in [-0.2, -0.15) is 0 Å². The number of pyridine rings is 1. The van der Waals surface area contributed by atoms with Crippen LogP contribution in [0.15, 0.2) is 18.3 Å². The lowest BCUT2D eigenvalue weighted by Crippen LogP contribution is -2.25. The molecule has 0 saturated heterocycles. The van der Waals surface area contributed by atoms with Crippen molar-refractivity contribution in [3.8, 4) is 0 Å². The summed E-state index contributed by atoms with van der Waals surface area (Å²) in [6.45, 7) is 11.0. The quantitative estimate of drug-likeness (QED) is 0.675. The first-order valence-corrected chi connectivity index (χ1v) is 4.87. The van der Waals surface area contributed by atoms with Gasteiger partial charge in [0.2, 0.25) is 0 Å². The Balaban J connectivity index is 3.01. The molecule has 0 spiro atoms. The Bertz CT molecular complexity index is 270. The highest BCUT2D eigenvalue weighted by atomic mass is 14.7. The summed E-state index contributed by atoms with van der Waals surface area (Å²) in [6.07, 6.45) is 1.94. The van der Waals surface area contributed by atoms with E-state index in [1.807, 2.05) is 6.20 Å². The van der Waals surface area contributed by atoms with Gasteiger partial charge in [0.1, 0.15) is 0 Å². The zero-order valence-corrected chi connectivity index (χ0v) is 9.26. The first-order chi connectivity index (χ1) is 5.94. The lowest BCUT2D eigenvalue weighted by atomic mass is 9.78. The van der Waals surface area contributed by atoms with Crippen molar-refractivity contribution in [1.29, 1.82) is 0 Å². The zero-order chi connectivity index (χ0) is 10.1. The Labute approximate surface area is 81.2 Å². The molecule has 0 amide bonds. The maximum atomic E-state index is 4.47. The molecule has 1 heteroatoms. The van der Waals surface area contributed by atoms with E-state index in [-0.39, 0.29) is 5.41 Å². The molecule has 72 valence electrons. The Morgan fingerprint density at radius 1 is 1.23 bits per heavy atom. The summed E-state index contributed by atoms with van der Waals surface area (Å²) in [5.74, 6) is 0.614. The normalized spacial score (nSPS) is 12.2. The minimum atomic E-state index is 0.174. The second kappa shape index (κ2) is 3.49. The van der Waals surface area contributed by atoms with E-state index in [2.05, 4.69) is 51.7 Å². The molecule has 1 aromatic heterocycles. The minimum absolute atomic E-state index is 0.174. The van der Waals surface area contributed by atoms with Gasteiger partial charge in [0.05, 0.1) is 0 Å². The molecular formula is C12H19N. The van der Waals surface area contributed by atoms with Crippen molar-refractivity contribution in [3.05, 3.63) is 29.6 Å². The van der Waals surface area contributed by atoms with Crippen molar-refractivity contribution in [2.45, 2.75) is 40.0 Å². The minimum Gasteiger partial charge on any atom is -0.260 e. The summed E-state index contributed by atoms with van der Waals surface area (Å²) in [4.78, 5) is 4.47. The molecule has 0 aliphatic rings. The molecule has 0 aliphatic heterocycles. The smallest absolute Gasteiger partial charge is 0.0462 e. The summed E-state index contributed by atoms with van der Waals surface area (Å²) in [7, 11) is 0. The van der Waals surface area contributed by atoms with Gasteiger partial charge in [0, 0.05) is 17.3 Å². The predicted octanol–water partition coefficient (Wildman–Crippen LogP) is 3.32. The van der Waals surface area contributed by atoms with Crippen molar-refractivity contribution in [2.75, 3.05) is 0 Å². The Morgan fingerprint density at radius 2 is 1.85 bits per heavy atom. The molecule has 1 heterocycles. The average Bonchev–Trinajstić information content (AvgIpc) is 2.04. The molecule has 0 bridgehead atoms. The first-order valence-electron chi connectivity index (χ1n) is 4.87. The molecule has 1 rings (SSSR count). The van der Waals surface area contributed by atoms with E-state index in [4.69, 9.17) is 0 Å². The molecule has 0 unspecified atom stereocenters. The third-order valence-electron chi connectivity index (χ3n) is 3.01. The molecule has 0 N–H and O–H groups in total. The maximum absolute atomic E-state index is 4.47. The zero-order valence-electron chi connectivity index (χ0n) is 9.26. The number of nitrogens with zero attached hydrogens (tertiary/aromatic N) is 1. The van der Waals surface area contributed by atoms with Gasteiger partial charge >= 0.3 is 0 Å². The Morgan fingerprint density at radius 3 is 2.23 bits per heavy atom. The van der Waals surface area contributed by atoms with Crippen molar-refractivity contribution >= 4 is 0 Å². The van der Waals surface area contributed by atoms with Gasteiger partial charge in [-0.15, -0.1) is 0 Å². The number of hydrogen-bond acceptors (Lipinski definition) is 1. The summed E-state index contributed by atoms with van der Waals surface area (Å²) in [5, 5.41) is 0. The topological polar surface area (TPSA) is 12.9 Å². The van der Waals surface area contributed by atoms with E-state index in [1.54, 1.807) is 0 Å². The molecule has 0 aromatic carbocycles. The number of aromatic nitrogens is 1. The molecule has 0 saturated carbocycles. The van der Waals surface area contributed by atoms with Crippen molar-refractivity contribution in [1.82, 2.24) is 4.98 Å². The van der Waals surface area contributed by atoms with E-state index in [0.717, 1.165) is 0 Å². The van der Waals surface area contributed by atoms with E-state index in [9.17, 15) is 0 Å². The highest BCUT2D eigenvalue weighted by Gasteiger charge is 2.25.